The number of hydrogen-bond acceptors (Lipinski definition) is 3. The van der Waals surface area contributed by atoms with Gasteiger partial charge in [0.2, 0.25) is 5.91 Å². The fourth-order valence-electron chi connectivity index (χ4n) is 2.30. The summed E-state index contributed by atoms with van der Waals surface area (Å²) >= 11 is 0. The summed E-state index contributed by atoms with van der Waals surface area (Å²) in [5.74, 6) is 0.141. The predicted octanol–water partition coefficient (Wildman–Crippen LogP) is 1.45. The number of rotatable bonds is 6. The summed E-state index contributed by atoms with van der Waals surface area (Å²) in [4.78, 5) is 12.1. The molecule has 100 valence electrons. The Morgan fingerprint density at radius 3 is 3.00 bits per heavy atom. The van der Waals surface area contributed by atoms with Crippen molar-refractivity contribution in [1.82, 2.24) is 10.6 Å². The van der Waals surface area contributed by atoms with Crippen LogP contribution < -0.4 is 10.6 Å². The lowest BCUT2D eigenvalue weighted by molar-refractivity contribution is -0.124. The first kappa shape index (κ1) is 14.5. The molecule has 1 fully saturated rings. The summed E-state index contributed by atoms with van der Waals surface area (Å²) in [6.07, 6.45) is 6.55. The molecule has 1 aliphatic rings. The summed E-state index contributed by atoms with van der Waals surface area (Å²) in [5.41, 5.74) is 0. The first-order valence-electron chi connectivity index (χ1n) is 6.80. The molecular formula is C13H26N2O2. The van der Waals surface area contributed by atoms with Gasteiger partial charge >= 0.3 is 0 Å². The molecule has 1 saturated heterocycles. The van der Waals surface area contributed by atoms with Gasteiger partial charge in [-0.15, -0.1) is 0 Å². The maximum atomic E-state index is 12.1. The van der Waals surface area contributed by atoms with Crippen molar-refractivity contribution in [1.29, 1.82) is 0 Å². The number of amides is 1. The Labute approximate surface area is 104 Å². The van der Waals surface area contributed by atoms with Crippen molar-refractivity contribution in [3.05, 3.63) is 0 Å². The van der Waals surface area contributed by atoms with Gasteiger partial charge in [-0.25, -0.2) is 0 Å². The second kappa shape index (κ2) is 8.48. The topological polar surface area (TPSA) is 50.4 Å². The van der Waals surface area contributed by atoms with Crippen LogP contribution in [0, 0.1) is 0 Å². The Morgan fingerprint density at radius 2 is 2.29 bits per heavy atom. The van der Waals surface area contributed by atoms with E-state index >= 15 is 0 Å². The van der Waals surface area contributed by atoms with Gasteiger partial charge in [-0.05, 0) is 25.8 Å². The van der Waals surface area contributed by atoms with Crippen LogP contribution in [0.5, 0.6) is 0 Å². The molecule has 4 heteroatoms. The molecule has 0 bridgehead atoms. The van der Waals surface area contributed by atoms with Crippen molar-refractivity contribution < 1.29 is 9.53 Å². The van der Waals surface area contributed by atoms with Gasteiger partial charge in [0, 0.05) is 7.11 Å². The highest BCUT2D eigenvalue weighted by Crippen LogP contribution is 2.09. The smallest absolute Gasteiger partial charge is 0.237 e. The quantitative estimate of drug-likeness (QED) is 0.741. The Bertz CT molecular complexity index is 207. The van der Waals surface area contributed by atoms with E-state index in [1.165, 1.54) is 12.8 Å². The van der Waals surface area contributed by atoms with Crippen LogP contribution in [-0.4, -0.2) is 38.3 Å². The first-order valence-corrected chi connectivity index (χ1v) is 6.80. The maximum Gasteiger partial charge on any atom is 0.237 e. The largest absolute Gasteiger partial charge is 0.383 e. The van der Waals surface area contributed by atoms with Gasteiger partial charge in [0.25, 0.3) is 0 Å². The summed E-state index contributed by atoms with van der Waals surface area (Å²) in [6.45, 7) is 3.69. The van der Waals surface area contributed by atoms with E-state index in [1.54, 1.807) is 7.11 Å². The van der Waals surface area contributed by atoms with Crippen molar-refractivity contribution in [3.8, 4) is 0 Å². The normalized spacial score (nSPS) is 22.8. The highest BCUT2D eigenvalue weighted by molar-refractivity contribution is 5.82. The number of hydrogen-bond donors (Lipinski definition) is 2. The highest BCUT2D eigenvalue weighted by Gasteiger charge is 2.21. The lowest BCUT2D eigenvalue weighted by Gasteiger charge is -2.21. The molecule has 0 aliphatic carbocycles. The van der Waals surface area contributed by atoms with E-state index in [2.05, 4.69) is 17.6 Å². The van der Waals surface area contributed by atoms with Gasteiger partial charge in [0.15, 0.2) is 0 Å². The van der Waals surface area contributed by atoms with Gasteiger partial charge in [0.1, 0.15) is 0 Å². The third kappa shape index (κ3) is 5.50. The summed E-state index contributed by atoms with van der Waals surface area (Å²) in [5, 5.41) is 6.41. The van der Waals surface area contributed by atoms with Crippen molar-refractivity contribution in [2.45, 2.75) is 57.5 Å². The molecule has 0 aromatic rings. The van der Waals surface area contributed by atoms with Gasteiger partial charge in [-0.3, -0.25) is 4.79 Å². The van der Waals surface area contributed by atoms with E-state index in [1.807, 2.05) is 0 Å². The lowest BCUT2D eigenvalue weighted by Crippen LogP contribution is -2.48. The SMILES string of the molecule is CCCC(COC)NC(=O)C1CCCCCN1. The summed E-state index contributed by atoms with van der Waals surface area (Å²) < 4.78 is 5.13. The zero-order valence-corrected chi connectivity index (χ0v) is 11.1. The molecule has 4 nitrogen and oxygen atoms in total. The van der Waals surface area contributed by atoms with Crippen LogP contribution in [0.4, 0.5) is 0 Å². The van der Waals surface area contributed by atoms with Gasteiger partial charge in [-0.2, -0.15) is 0 Å². The molecule has 1 rings (SSSR count). The van der Waals surface area contributed by atoms with Crippen LogP contribution in [0.15, 0.2) is 0 Å². The van der Waals surface area contributed by atoms with E-state index in [0.717, 1.165) is 32.2 Å². The molecule has 2 atom stereocenters. The monoisotopic (exact) mass is 242 g/mol. The van der Waals surface area contributed by atoms with Crippen molar-refractivity contribution in [2.24, 2.45) is 0 Å². The number of nitrogens with one attached hydrogen (secondary N) is 2. The second-order valence-corrected chi connectivity index (χ2v) is 4.81. The average molecular weight is 242 g/mol. The highest BCUT2D eigenvalue weighted by atomic mass is 16.5. The Morgan fingerprint density at radius 1 is 1.47 bits per heavy atom. The van der Waals surface area contributed by atoms with E-state index in [9.17, 15) is 4.79 Å². The van der Waals surface area contributed by atoms with Crippen molar-refractivity contribution in [2.75, 3.05) is 20.3 Å². The number of methoxy groups -OCH3 is 1. The van der Waals surface area contributed by atoms with Gasteiger partial charge in [-0.1, -0.05) is 26.2 Å². The molecule has 1 amide bonds. The third-order valence-electron chi connectivity index (χ3n) is 3.23. The van der Waals surface area contributed by atoms with Gasteiger partial charge in [0.05, 0.1) is 18.7 Å². The minimum atomic E-state index is -0.00582. The summed E-state index contributed by atoms with van der Waals surface area (Å²) in [7, 11) is 1.68. The predicted molar refractivity (Wildman–Crippen MR) is 69.0 cm³/mol. The van der Waals surface area contributed by atoms with E-state index in [-0.39, 0.29) is 18.0 Å². The molecule has 2 N–H and O–H groups in total. The van der Waals surface area contributed by atoms with E-state index in [4.69, 9.17) is 4.74 Å². The third-order valence-corrected chi connectivity index (χ3v) is 3.23. The Kier molecular flexibility index (Phi) is 7.21. The van der Waals surface area contributed by atoms with Gasteiger partial charge < -0.3 is 15.4 Å². The number of ether oxygens (including phenoxy) is 1. The zero-order chi connectivity index (χ0) is 12.5. The Hall–Kier alpha value is -0.610. The fourth-order valence-corrected chi connectivity index (χ4v) is 2.30. The molecule has 1 heterocycles. The molecule has 0 aromatic carbocycles. The van der Waals surface area contributed by atoms with Crippen molar-refractivity contribution in [3.63, 3.8) is 0 Å². The molecule has 2 unspecified atom stereocenters. The molecule has 0 saturated carbocycles. The van der Waals surface area contributed by atoms with E-state index < -0.39 is 0 Å². The zero-order valence-electron chi connectivity index (χ0n) is 11.1. The van der Waals surface area contributed by atoms with Crippen LogP contribution >= 0.6 is 0 Å². The molecule has 0 radical (unpaired) electrons. The first-order chi connectivity index (χ1) is 8.27. The van der Waals surface area contributed by atoms with Crippen LogP contribution in [0.2, 0.25) is 0 Å². The number of carbonyl (C=O) groups excluding carboxylic acids is 1. The van der Waals surface area contributed by atoms with Crippen LogP contribution in [0.3, 0.4) is 0 Å². The van der Waals surface area contributed by atoms with E-state index in [0.29, 0.717) is 6.61 Å². The molecule has 1 aliphatic heterocycles. The number of carbonyl (C=O) groups is 1. The average Bonchev–Trinajstić information content (AvgIpc) is 2.58. The second-order valence-electron chi connectivity index (χ2n) is 4.81. The van der Waals surface area contributed by atoms with Crippen molar-refractivity contribution >= 4 is 5.91 Å². The molecule has 0 aromatic heterocycles. The standard InChI is InChI=1S/C13H26N2O2/c1-3-7-11(10-17-2)15-13(16)12-8-5-4-6-9-14-12/h11-12,14H,3-10H2,1-2H3,(H,15,16). The summed E-state index contributed by atoms with van der Waals surface area (Å²) in [6, 6.07) is 0.149. The maximum absolute atomic E-state index is 12.1. The van der Waals surface area contributed by atoms with Crippen LogP contribution in [0.25, 0.3) is 0 Å². The fraction of sp³-hybridized carbons (Fsp3) is 0.923. The van der Waals surface area contributed by atoms with Crippen LogP contribution in [0.1, 0.15) is 45.4 Å². The Balaban J connectivity index is 2.38. The molecule has 0 spiro atoms. The molecule has 17 heavy (non-hydrogen) atoms. The minimum Gasteiger partial charge on any atom is -0.383 e. The lowest BCUT2D eigenvalue weighted by atomic mass is 10.1. The minimum absolute atomic E-state index is 0.00582. The van der Waals surface area contributed by atoms with Crippen LogP contribution in [-0.2, 0) is 9.53 Å². The molecular weight excluding hydrogens is 216 g/mol.